The van der Waals surface area contributed by atoms with Crippen LogP contribution in [0.2, 0.25) is 0 Å². The Morgan fingerprint density at radius 1 is 1.50 bits per heavy atom. The highest BCUT2D eigenvalue weighted by atomic mass is 19.4. The molecule has 1 aromatic heterocycles. The van der Waals surface area contributed by atoms with E-state index < -0.39 is 18.0 Å². The summed E-state index contributed by atoms with van der Waals surface area (Å²) in [5.41, 5.74) is -0.271. The van der Waals surface area contributed by atoms with Crippen LogP contribution >= 0.6 is 0 Å². The minimum absolute atomic E-state index is 0.00750. The molecule has 0 spiro atoms. The van der Waals surface area contributed by atoms with E-state index in [0.717, 1.165) is 6.42 Å². The Hall–Kier alpha value is -1.04. The van der Waals surface area contributed by atoms with Gasteiger partial charge in [0.25, 0.3) is 0 Å². The van der Waals surface area contributed by atoms with Gasteiger partial charge in [0.2, 0.25) is 0 Å². The summed E-state index contributed by atoms with van der Waals surface area (Å²) in [5, 5.41) is 13.4. The van der Waals surface area contributed by atoms with Gasteiger partial charge in [-0.05, 0) is 19.3 Å². The normalized spacial score (nSPS) is 31.4. The Bertz CT molecular complexity index is 452. The summed E-state index contributed by atoms with van der Waals surface area (Å²) in [6, 6.07) is 0. The molecule has 0 saturated heterocycles. The van der Waals surface area contributed by atoms with Gasteiger partial charge < -0.3 is 5.11 Å². The Balaban J connectivity index is 2.19. The Morgan fingerprint density at radius 2 is 2.19 bits per heavy atom. The van der Waals surface area contributed by atoms with E-state index in [9.17, 15) is 18.3 Å². The summed E-state index contributed by atoms with van der Waals surface area (Å²) in [6.07, 6.45) is -4.66. The predicted octanol–water partition coefficient (Wildman–Crippen LogP) is 2.07. The van der Waals surface area contributed by atoms with Gasteiger partial charge in [-0.2, -0.15) is 18.3 Å². The molecule has 0 amide bonds. The zero-order chi connectivity index (χ0) is 11.7. The van der Waals surface area contributed by atoms with Crippen molar-refractivity contribution in [2.24, 2.45) is 5.92 Å². The largest absolute Gasteiger partial charge is 0.435 e. The van der Waals surface area contributed by atoms with Crippen LogP contribution in [0, 0.1) is 5.92 Å². The predicted molar refractivity (Wildman–Crippen MR) is 48.7 cm³/mol. The fraction of sp³-hybridized carbons (Fsp3) is 0.700. The topological polar surface area (TPSA) is 38.0 Å². The van der Waals surface area contributed by atoms with Crippen LogP contribution < -0.4 is 0 Å². The van der Waals surface area contributed by atoms with Gasteiger partial charge in [0.15, 0.2) is 5.69 Å². The van der Waals surface area contributed by atoms with Crippen molar-refractivity contribution in [1.29, 1.82) is 0 Å². The highest BCUT2D eigenvalue weighted by Crippen LogP contribution is 2.63. The van der Waals surface area contributed by atoms with E-state index in [2.05, 4.69) is 5.10 Å². The van der Waals surface area contributed by atoms with Gasteiger partial charge in [0.05, 0.1) is 6.10 Å². The number of aliphatic hydroxyl groups is 1. The van der Waals surface area contributed by atoms with Crippen LogP contribution in [0.5, 0.6) is 0 Å². The Labute approximate surface area is 89.9 Å². The first-order chi connectivity index (χ1) is 7.45. The number of aryl methyl sites for hydroxylation is 1. The second kappa shape index (κ2) is 2.80. The van der Waals surface area contributed by atoms with E-state index in [1.54, 1.807) is 6.92 Å². The van der Waals surface area contributed by atoms with Gasteiger partial charge in [-0.15, -0.1) is 0 Å². The van der Waals surface area contributed by atoms with Crippen molar-refractivity contribution in [3.8, 4) is 0 Å². The van der Waals surface area contributed by atoms with E-state index in [1.165, 1.54) is 4.68 Å². The number of fused-ring (bicyclic) bond motifs is 3. The van der Waals surface area contributed by atoms with Gasteiger partial charge in [-0.3, -0.25) is 4.68 Å². The van der Waals surface area contributed by atoms with E-state index >= 15 is 0 Å². The van der Waals surface area contributed by atoms with Gasteiger partial charge in [-0.1, -0.05) is 0 Å². The number of hydrogen-bond acceptors (Lipinski definition) is 2. The van der Waals surface area contributed by atoms with Gasteiger partial charge in [0, 0.05) is 23.7 Å². The number of halogens is 3. The van der Waals surface area contributed by atoms with Crippen molar-refractivity contribution in [2.45, 2.75) is 38.1 Å². The second-order valence-corrected chi connectivity index (χ2v) is 4.41. The first kappa shape index (κ1) is 10.1. The summed E-state index contributed by atoms with van der Waals surface area (Å²) in [5.74, 6) is 0.0837. The highest BCUT2D eigenvalue weighted by molar-refractivity contribution is 5.44. The molecule has 1 aromatic rings. The molecule has 0 bridgehead atoms. The van der Waals surface area contributed by atoms with Gasteiger partial charge in [0.1, 0.15) is 0 Å². The summed E-state index contributed by atoms with van der Waals surface area (Å²) in [4.78, 5) is 0. The number of aromatic nitrogens is 2. The van der Waals surface area contributed by atoms with Crippen molar-refractivity contribution in [3.63, 3.8) is 0 Å². The maximum atomic E-state index is 12.7. The smallest absolute Gasteiger partial charge is 0.388 e. The molecular formula is C10H11F3N2O. The Kier molecular flexibility index (Phi) is 1.77. The average Bonchev–Trinajstić information content (AvgIpc) is 2.79. The maximum absolute atomic E-state index is 12.7. The van der Waals surface area contributed by atoms with E-state index in [1.807, 2.05) is 0 Å². The molecular weight excluding hydrogens is 221 g/mol. The van der Waals surface area contributed by atoms with Gasteiger partial charge in [-0.25, -0.2) is 0 Å². The first-order valence-electron chi connectivity index (χ1n) is 5.31. The number of alkyl halides is 3. The number of nitrogens with zero attached hydrogens (tertiary/aromatic N) is 2. The molecule has 2 aliphatic carbocycles. The molecule has 88 valence electrons. The molecule has 16 heavy (non-hydrogen) atoms. The quantitative estimate of drug-likeness (QED) is 0.804. The molecule has 1 fully saturated rings. The molecule has 0 aliphatic heterocycles. The molecule has 0 aromatic carbocycles. The van der Waals surface area contributed by atoms with E-state index in [-0.39, 0.29) is 17.4 Å². The molecule has 1 N–H and O–H groups in total. The lowest BCUT2D eigenvalue weighted by Crippen LogP contribution is -2.12. The molecule has 6 heteroatoms. The molecule has 3 unspecified atom stereocenters. The zero-order valence-electron chi connectivity index (χ0n) is 8.62. The third kappa shape index (κ3) is 1.10. The van der Waals surface area contributed by atoms with Crippen LogP contribution in [0.3, 0.4) is 0 Å². The fourth-order valence-corrected chi connectivity index (χ4v) is 2.71. The summed E-state index contributed by atoms with van der Waals surface area (Å²) in [7, 11) is 0. The lowest BCUT2D eigenvalue weighted by atomic mass is 10.1. The summed E-state index contributed by atoms with van der Waals surface area (Å²) in [6.45, 7) is 2.17. The van der Waals surface area contributed by atoms with Crippen molar-refractivity contribution in [3.05, 3.63) is 17.0 Å². The van der Waals surface area contributed by atoms with Crippen LogP contribution in [0.1, 0.15) is 42.3 Å². The number of hydrogen-bond donors (Lipinski definition) is 1. The molecule has 0 radical (unpaired) electrons. The van der Waals surface area contributed by atoms with Crippen LogP contribution in [-0.2, 0) is 12.7 Å². The SMILES string of the molecule is CCn1nc(C(F)(F)F)c2c1C1CC1C2O. The molecule has 1 saturated carbocycles. The maximum Gasteiger partial charge on any atom is 0.435 e. The fourth-order valence-electron chi connectivity index (χ4n) is 2.71. The molecule has 3 atom stereocenters. The standard InChI is InChI=1S/C10H11F3N2O/c1-2-15-7-4-3-5(4)8(16)6(7)9(14-15)10(11,12)13/h4-5,8,16H,2-3H2,1H3. The third-order valence-corrected chi connectivity index (χ3v) is 3.49. The molecule has 1 heterocycles. The van der Waals surface area contributed by atoms with Gasteiger partial charge >= 0.3 is 6.18 Å². The van der Waals surface area contributed by atoms with Crippen molar-refractivity contribution in [1.82, 2.24) is 9.78 Å². The lowest BCUT2D eigenvalue weighted by Gasteiger charge is -2.09. The van der Waals surface area contributed by atoms with E-state index in [4.69, 9.17) is 0 Å². The highest BCUT2D eigenvalue weighted by Gasteiger charge is 2.57. The van der Waals surface area contributed by atoms with Crippen LogP contribution in [0.4, 0.5) is 13.2 Å². The summed E-state index contributed by atoms with van der Waals surface area (Å²) < 4.78 is 39.6. The monoisotopic (exact) mass is 232 g/mol. The van der Waals surface area contributed by atoms with E-state index in [0.29, 0.717) is 12.2 Å². The van der Waals surface area contributed by atoms with Crippen molar-refractivity contribution < 1.29 is 18.3 Å². The molecule has 3 rings (SSSR count). The van der Waals surface area contributed by atoms with Crippen LogP contribution in [0.15, 0.2) is 0 Å². The molecule has 3 nitrogen and oxygen atoms in total. The third-order valence-electron chi connectivity index (χ3n) is 3.49. The second-order valence-electron chi connectivity index (χ2n) is 4.41. The average molecular weight is 232 g/mol. The minimum atomic E-state index is -4.47. The number of aliphatic hydroxyl groups excluding tert-OH is 1. The van der Waals surface area contributed by atoms with Crippen LogP contribution in [-0.4, -0.2) is 14.9 Å². The summed E-state index contributed by atoms with van der Waals surface area (Å²) >= 11 is 0. The van der Waals surface area contributed by atoms with Crippen LogP contribution in [0.25, 0.3) is 0 Å². The zero-order valence-corrected chi connectivity index (χ0v) is 8.62. The Morgan fingerprint density at radius 3 is 2.75 bits per heavy atom. The van der Waals surface area contributed by atoms with Crippen molar-refractivity contribution in [2.75, 3.05) is 0 Å². The lowest BCUT2D eigenvalue weighted by molar-refractivity contribution is -0.143. The number of rotatable bonds is 1. The van der Waals surface area contributed by atoms with Crippen molar-refractivity contribution >= 4 is 0 Å². The first-order valence-corrected chi connectivity index (χ1v) is 5.31. The minimum Gasteiger partial charge on any atom is -0.388 e. The molecule has 2 aliphatic rings.